The van der Waals surface area contributed by atoms with Crippen LogP contribution in [-0.2, 0) is 20.7 Å². The first-order valence-corrected chi connectivity index (χ1v) is 5.73. The van der Waals surface area contributed by atoms with Gasteiger partial charge in [-0.15, -0.1) is 0 Å². The van der Waals surface area contributed by atoms with Gasteiger partial charge in [-0.1, -0.05) is 6.07 Å². The van der Waals surface area contributed by atoms with Gasteiger partial charge in [0.1, 0.15) is 11.9 Å². The second kappa shape index (κ2) is 6.88. The monoisotopic (exact) mass is 284 g/mol. The van der Waals surface area contributed by atoms with Gasteiger partial charge >= 0.3 is 11.9 Å². The molecular weight excluding hydrogens is 268 g/mol. The number of aliphatic carboxylic acids is 1. The molecule has 0 saturated heterocycles. The molecule has 3 N–H and O–H groups in total. The second-order valence-electron chi connectivity index (χ2n) is 4.05. The van der Waals surface area contributed by atoms with E-state index in [9.17, 15) is 19.8 Å². The van der Waals surface area contributed by atoms with Gasteiger partial charge in [0.05, 0.1) is 20.6 Å². The SMILES string of the molecule is COC(=O)C(O)C(O)c1cc(OC)ccc1CC(=O)O. The Balaban J connectivity index is 3.17. The number of carbonyl (C=O) groups is 2. The van der Waals surface area contributed by atoms with Gasteiger partial charge in [0.2, 0.25) is 0 Å². The molecule has 0 aliphatic rings. The molecule has 110 valence electrons. The normalized spacial score (nSPS) is 13.4. The molecule has 20 heavy (non-hydrogen) atoms. The lowest BCUT2D eigenvalue weighted by Crippen LogP contribution is -2.29. The van der Waals surface area contributed by atoms with Crippen LogP contribution in [0.1, 0.15) is 17.2 Å². The quantitative estimate of drug-likeness (QED) is 0.624. The van der Waals surface area contributed by atoms with Gasteiger partial charge in [-0.3, -0.25) is 4.79 Å². The zero-order chi connectivity index (χ0) is 15.3. The van der Waals surface area contributed by atoms with Crippen LogP contribution in [-0.4, -0.2) is 47.6 Å². The summed E-state index contributed by atoms with van der Waals surface area (Å²) < 4.78 is 9.31. The van der Waals surface area contributed by atoms with Crippen LogP contribution in [0.25, 0.3) is 0 Å². The van der Waals surface area contributed by atoms with Crippen molar-refractivity contribution < 1.29 is 34.4 Å². The van der Waals surface area contributed by atoms with Crippen LogP contribution in [0.4, 0.5) is 0 Å². The van der Waals surface area contributed by atoms with E-state index in [-0.39, 0.29) is 17.5 Å². The van der Waals surface area contributed by atoms with Crippen molar-refractivity contribution in [1.82, 2.24) is 0 Å². The molecule has 0 bridgehead atoms. The lowest BCUT2D eigenvalue weighted by Gasteiger charge is -2.19. The molecule has 0 aliphatic heterocycles. The number of carboxylic acid groups (broad SMARTS) is 1. The summed E-state index contributed by atoms with van der Waals surface area (Å²) in [6.45, 7) is 0. The molecule has 7 nitrogen and oxygen atoms in total. The summed E-state index contributed by atoms with van der Waals surface area (Å²) in [4.78, 5) is 22.0. The van der Waals surface area contributed by atoms with E-state index in [0.717, 1.165) is 7.11 Å². The van der Waals surface area contributed by atoms with Crippen molar-refractivity contribution in [3.8, 4) is 5.75 Å². The Hall–Kier alpha value is -2.12. The minimum atomic E-state index is -1.81. The zero-order valence-corrected chi connectivity index (χ0v) is 11.1. The number of ether oxygens (including phenoxy) is 2. The number of rotatable bonds is 6. The first-order valence-electron chi connectivity index (χ1n) is 5.73. The average Bonchev–Trinajstić information content (AvgIpc) is 2.44. The molecule has 2 atom stereocenters. The van der Waals surface area contributed by atoms with E-state index in [1.165, 1.54) is 25.3 Å². The molecule has 0 amide bonds. The number of hydrogen-bond acceptors (Lipinski definition) is 6. The fourth-order valence-corrected chi connectivity index (χ4v) is 1.72. The van der Waals surface area contributed by atoms with Gasteiger partial charge in [-0.05, 0) is 23.3 Å². The smallest absolute Gasteiger partial charge is 0.337 e. The number of aliphatic hydroxyl groups is 2. The van der Waals surface area contributed by atoms with Crippen LogP contribution in [0, 0.1) is 0 Å². The highest BCUT2D eigenvalue weighted by Gasteiger charge is 2.29. The molecule has 2 unspecified atom stereocenters. The molecule has 0 heterocycles. The van der Waals surface area contributed by atoms with E-state index in [1.54, 1.807) is 0 Å². The summed E-state index contributed by atoms with van der Waals surface area (Å²) in [6.07, 6.45) is -3.77. The molecule has 0 radical (unpaired) electrons. The maximum absolute atomic E-state index is 11.2. The molecule has 0 fully saturated rings. The van der Waals surface area contributed by atoms with Crippen molar-refractivity contribution in [3.63, 3.8) is 0 Å². The van der Waals surface area contributed by atoms with Gasteiger partial charge in [-0.2, -0.15) is 0 Å². The third-order valence-electron chi connectivity index (χ3n) is 2.76. The molecule has 1 aromatic rings. The molecule has 1 aromatic carbocycles. The Labute approximate surface area is 115 Å². The minimum absolute atomic E-state index is 0.102. The van der Waals surface area contributed by atoms with Crippen LogP contribution in [0.2, 0.25) is 0 Å². The number of esters is 1. The Morgan fingerprint density at radius 3 is 2.40 bits per heavy atom. The maximum atomic E-state index is 11.2. The lowest BCUT2D eigenvalue weighted by molar-refractivity contribution is -0.156. The Morgan fingerprint density at radius 1 is 1.25 bits per heavy atom. The van der Waals surface area contributed by atoms with Gasteiger partial charge < -0.3 is 24.8 Å². The topological polar surface area (TPSA) is 113 Å². The molecule has 0 saturated carbocycles. The minimum Gasteiger partial charge on any atom is -0.497 e. The van der Waals surface area contributed by atoms with E-state index in [1.807, 2.05) is 0 Å². The number of hydrogen-bond donors (Lipinski definition) is 3. The maximum Gasteiger partial charge on any atom is 0.337 e. The summed E-state index contributed by atoms with van der Waals surface area (Å²) in [5, 5.41) is 28.5. The fourth-order valence-electron chi connectivity index (χ4n) is 1.72. The second-order valence-corrected chi connectivity index (χ2v) is 4.05. The molecular formula is C13H16O7. The predicted octanol–water partition coefficient (Wildman–Crippen LogP) is -0.110. The van der Waals surface area contributed by atoms with Crippen molar-refractivity contribution in [2.75, 3.05) is 14.2 Å². The zero-order valence-electron chi connectivity index (χ0n) is 11.1. The average molecular weight is 284 g/mol. The molecule has 0 aromatic heterocycles. The summed E-state index contributed by atoms with van der Waals surface area (Å²) in [5.74, 6) is -1.75. The van der Waals surface area contributed by atoms with E-state index < -0.39 is 24.1 Å². The third kappa shape index (κ3) is 3.69. The first-order chi connectivity index (χ1) is 9.40. The van der Waals surface area contributed by atoms with Crippen molar-refractivity contribution in [1.29, 1.82) is 0 Å². The predicted molar refractivity (Wildman–Crippen MR) is 67.3 cm³/mol. The van der Waals surface area contributed by atoms with Gasteiger partial charge in [-0.25, -0.2) is 4.79 Å². The summed E-state index contributed by atoms with van der Waals surface area (Å²) >= 11 is 0. The number of aliphatic hydroxyl groups excluding tert-OH is 2. The van der Waals surface area contributed by atoms with Crippen molar-refractivity contribution in [2.24, 2.45) is 0 Å². The van der Waals surface area contributed by atoms with Gasteiger partial charge in [0, 0.05) is 0 Å². The lowest BCUT2D eigenvalue weighted by atomic mass is 9.96. The largest absolute Gasteiger partial charge is 0.497 e. The van der Waals surface area contributed by atoms with Gasteiger partial charge in [0.25, 0.3) is 0 Å². The highest BCUT2D eigenvalue weighted by Crippen LogP contribution is 2.27. The highest BCUT2D eigenvalue weighted by molar-refractivity contribution is 5.76. The fraction of sp³-hybridized carbons (Fsp3) is 0.385. The van der Waals surface area contributed by atoms with E-state index in [4.69, 9.17) is 9.84 Å². The van der Waals surface area contributed by atoms with Crippen molar-refractivity contribution in [3.05, 3.63) is 29.3 Å². The summed E-state index contributed by atoms with van der Waals surface area (Å²) in [6, 6.07) is 4.35. The third-order valence-corrected chi connectivity index (χ3v) is 2.76. The number of benzene rings is 1. The van der Waals surface area contributed by atoms with E-state index >= 15 is 0 Å². The number of carbonyl (C=O) groups excluding carboxylic acids is 1. The Kier molecular flexibility index (Phi) is 5.48. The van der Waals surface area contributed by atoms with Crippen LogP contribution in [0.5, 0.6) is 5.75 Å². The molecule has 0 aliphatic carbocycles. The summed E-state index contributed by atoms with van der Waals surface area (Å²) in [5.41, 5.74) is 0.374. The van der Waals surface area contributed by atoms with E-state index in [0.29, 0.717) is 5.75 Å². The number of carboxylic acids is 1. The highest BCUT2D eigenvalue weighted by atomic mass is 16.5. The van der Waals surface area contributed by atoms with Crippen LogP contribution in [0.15, 0.2) is 18.2 Å². The van der Waals surface area contributed by atoms with Gasteiger partial charge in [0.15, 0.2) is 6.10 Å². The Morgan fingerprint density at radius 2 is 1.90 bits per heavy atom. The van der Waals surface area contributed by atoms with Crippen LogP contribution < -0.4 is 4.74 Å². The first kappa shape index (κ1) is 15.9. The van der Waals surface area contributed by atoms with Crippen LogP contribution in [0.3, 0.4) is 0 Å². The summed E-state index contributed by atoms with van der Waals surface area (Å²) in [7, 11) is 2.47. The number of methoxy groups -OCH3 is 2. The van der Waals surface area contributed by atoms with Crippen molar-refractivity contribution in [2.45, 2.75) is 18.6 Å². The molecule has 0 spiro atoms. The standard InChI is InChI=1S/C13H16O7/c1-19-8-4-3-7(5-10(14)15)9(6-8)11(16)12(17)13(18)20-2/h3-4,6,11-12,16-17H,5H2,1-2H3,(H,14,15). The van der Waals surface area contributed by atoms with Crippen LogP contribution >= 0.6 is 0 Å². The molecule has 1 rings (SSSR count). The molecule has 7 heteroatoms. The Bertz CT molecular complexity index is 497. The van der Waals surface area contributed by atoms with E-state index in [2.05, 4.69) is 4.74 Å². The van der Waals surface area contributed by atoms with Crippen molar-refractivity contribution >= 4 is 11.9 Å².